The van der Waals surface area contributed by atoms with Gasteiger partial charge in [0.25, 0.3) is 5.56 Å². The van der Waals surface area contributed by atoms with Crippen molar-refractivity contribution in [2.24, 2.45) is 0 Å². The highest BCUT2D eigenvalue weighted by Crippen LogP contribution is 2.32. The van der Waals surface area contributed by atoms with Crippen LogP contribution in [0.4, 0.5) is 18.9 Å². The highest BCUT2D eigenvalue weighted by atomic mass is 35.5. The number of halogens is 5. The molecule has 1 unspecified atom stereocenters. The molecule has 1 atom stereocenters. The molecule has 0 bridgehead atoms. The molecule has 0 N–H and O–H groups in total. The number of hydrogen-bond acceptors (Lipinski definition) is 4. The molecule has 0 saturated heterocycles. The molecule has 3 aromatic rings. The predicted molar refractivity (Wildman–Crippen MR) is 106 cm³/mol. The van der Waals surface area contributed by atoms with E-state index < -0.39 is 17.3 Å². The molecule has 5 nitrogen and oxygen atoms in total. The van der Waals surface area contributed by atoms with Gasteiger partial charge in [-0.3, -0.25) is 4.79 Å². The molecule has 2 heterocycles. The van der Waals surface area contributed by atoms with Crippen molar-refractivity contribution >= 4 is 28.9 Å². The van der Waals surface area contributed by atoms with Gasteiger partial charge in [0.05, 0.1) is 23.5 Å². The molecule has 29 heavy (non-hydrogen) atoms. The normalized spacial score (nSPS) is 12.7. The quantitative estimate of drug-likeness (QED) is 0.560. The van der Waals surface area contributed by atoms with E-state index in [1.165, 1.54) is 6.20 Å². The van der Waals surface area contributed by atoms with Gasteiger partial charge in [0.2, 0.25) is 0 Å². The van der Waals surface area contributed by atoms with Gasteiger partial charge in [0, 0.05) is 18.3 Å². The summed E-state index contributed by atoms with van der Waals surface area (Å²) in [6.45, 7) is 1.89. The van der Waals surface area contributed by atoms with Crippen molar-refractivity contribution in [3.05, 3.63) is 80.3 Å². The van der Waals surface area contributed by atoms with Gasteiger partial charge in [-0.25, -0.2) is 4.98 Å². The van der Waals surface area contributed by atoms with Gasteiger partial charge in [-0.15, -0.1) is 0 Å². The number of alkyl halides is 3. The maximum absolute atomic E-state index is 12.7. The number of pyridine rings is 1. The van der Waals surface area contributed by atoms with Gasteiger partial charge >= 0.3 is 6.18 Å². The first-order chi connectivity index (χ1) is 13.6. The molecular formula is C19H15Cl2F3N4O. The first-order valence-electron chi connectivity index (χ1n) is 8.40. The fourth-order valence-electron chi connectivity index (χ4n) is 2.74. The topological polar surface area (TPSA) is 51.0 Å². The lowest BCUT2D eigenvalue weighted by Crippen LogP contribution is -2.28. The second-order valence-electron chi connectivity index (χ2n) is 6.27. The van der Waals surface area contributed by atoms with E-state index >= 15 is 0 Å². The summed E-state index contributed by atoms with van der Waals surface area (Å²) in [4.78, 5) is 18.1. The Morgan fingerprint density at radius 1 is 1.10 bits per heavy atom. The highest BCUT2D eigenvalue weighted by molar-refractivity contribution is 6.33. The summed E-state index contributed by atoms with van der Waals surface area (Å²) in [7, 11) is 1.73. The smallest absolute Gasteiger partial charge is 0.365 e. The van der Waals surface area contributed by atoms with Gasteiger partial charge < -0.3 is 4.90 Å². The number of anilines is 1. The lowest BCUT2D eigenvalue weighted by molar-refractivity contribution is -0.137. The average molecular weight is 443 g/mol. The molecule has 0 spiro atoms. The molecule has 3 rings (SSSR count). The van der Waals surface area contributed by atoms with Crippen LogP contribution >= 0.6 is 23.2 Å². The molecule has 0 aliphatic rings. The number of rotatable bonds is 4. The monoisotopic (exact) mass is 442 g/mol. The summed E-state index contributed by atoms with van der Waals surface area (Å²) in [6.07, 6.45) is -2.53. The second-order valence-corrected chi connectivity index (χ2v) is 7.06. The molecule has 0 saturated carbocycles. The minimum absolute atomic E-state index is 0.0711. The van der Waals surface area contributed by atoms with Crippen LogP contribution in [-0.4, -0.2) is 21.8 Å². The number of benzene rings is 1. The Bertz CT molecular complexity index is 1080. The van der Waals surface area contributed by atoms with E-state index in [-0.39, 0.29) is 16.9 Å². The number of nitrogens with zero attached hydrogens (tertiary/aromatic N) is 4. The Morgan fingerprint density at radius 3 is 2.38 bits per heavy atom. The summed E-state index contributed by atoms with van der Waals surface area (Å²) in [5.41, 5.74) is -0.437. The number of aromatic nitrogens is 3. The Labute approximate surface area is 174 Å². The summed E-state index contributed by atoms with van der Waals surface area (Å²) >= 11 is 12.5. The van der Waals surface area contributed by atoms with Crippen LogP contribution in [0.1, 0.15) is 24.1 Å². The molecule has 10 heteroatoms. The van der Waals surface area contributed by atoms with Gasteiger partial charge in [0.1, 0.15) is 5.02 Å². The van der Waals surface area contributed by atoms with Crippen LogP contribution < -0.4 is 10.5 Å². The standard InChI is InChI=1S/C19H15Cl2F3N4O/c1-11(13-5-3-4-6-14(13)20)27(2)15-10-26-28(18(29)17(15)21)16-8-7-12(9-25-16)19(22,23)24/h3-11H,1-2H3. The van der Waals surface area contributed by atoms with Gasteiger partial charge in [0.15, 0.2) is 5.82 Å². The van der Waals surface area contributed by atoms with Crippen molar-refractivity contribution < 1.29 is 13.2 Å². The van der Waals surface area contributed by atoms with Crippen molar-refractivity contribution in [1.82, 2.24) is 14.8 Å². The first-order valence-corrected chi connectivity index (χ1v) is 9.15. The Hall–Kier alpha value is -2.58. The molecule has 2 aromatic heterocycles. The van der Waals surface area contributed by atoms with Crippen LogP contribution in [0.15, 0.2) is 53.6 Å². The van der Waals surface area contributed by atoms with Crippen LogP contribution in [0.25, 0.3) is 5.82 Å². The van der Waals surface area contributed by atoms with Crippen molar-refractivity contribution in [2.75, 3.05) is 11.9 Å². The Balaban J connectivity index is 1.96. The lowest BCUT2D eigenvalue weighted by atomic mass is 10.1. The van der Waals surface area contributed by atoms with Crippen molar-refractivity contribution in [2.45, 2.75) is 19.1 Å². The summed E-state index contributed by atoms with van der Waals surface area (Å²) in [5, 5.41) is 4.45. The molecular weight excluding hydrogens is 428 g/mol. The molecule has 1 aromatic carbocycles. The lowest BCUT2D eigenvalue weighted by Gasteiger charge is -2.28. The summed E-state index contributed by atoms with van der Waals surface area (Å²) < 4.78 is 38.9. The van der Waals surface area contributed by atoms with Gasteiger partial charge in [-0.05, 0) is 30.7 Å². The van der Waals surface area contributed by atoms with E-state index in [2.05, 4.69) is 10.1 Å². The fraction of sp³-hybridized carbons (Fsp3) is 0.211. The third kappa shape index (κ3) is 4.23. The van der Waals surface area contributed by atoms with Crippen molar-refractivity contribution in [3.8, 4) is 5.82 Å². The third-order valence-corrected chi connectivity index (χ3v) is 5.21. The fourth-order valence-corrected chi connectivity index (χ4v) is 3.30. The van der Waals surface area contributed by atoms with E-state index in [1.807, 2.05) is 25.1 Å². The predicted octanol–water partition coefficient (Wildman–Crippen LogP) is 5.15. The Kier molecular flexibility index (Phi) is 5.86. The summed E-state index contributed by atoms with van der Waals surface area (Å²) in [6, 6.07) is 8.94. The van der Waals surface area contributed by atoms with Crippen LogP contribution in [0.5, 0.6) is 0 Å². The molecule has 0 aliphatic heterocycles. The van der Waals surface area contributed by atoms with Crippen LogP contribution in [0.3, 0.4) is 0 Å². The maximum Gasteiger partial charge on any atom is 0.417 e. The van der Waals surface area contributed by atoms with Gasteiger partial charge in [-0.1, -0.05) is 41.4 Å². The van der Waals surface area contributed by atoms with E-state index in [9.17, 15) is 18.0 Å². The average Bonchev–Trinajstić information content (AvgIpc) is 2.69. The van der Waals surface area contributed by atoms with E-state index in [4.69, 9.17) is 23.2 Å². The minimum Gasteiger partial charge on any atom is -0.365 e. The minimum atomic E-state index is -4.52. The zero-order valence-electron chi connectivity index (χ0n) is 15.3. The Morgan fingerprint density at radius 2 is 1.79 bits per heavy atom. The van der Waals surface area contributed by atoms with E-state index in [0.717, 1.165) is 22.4 Å². The second kappa shape index (κ2) is 8.04. The van der Waals surface area contributed by atoms with Gasteiger partial charge in [-0.2, -0.15) is 23.0 Å². The molecule has 152 valence electrons. The molecule has 0 radical (unpaired) electrons. The zero-order valence-corrected chi connectivity index (χ0v) is 16.8. The third-order valence-electron chi connectivity index (χ3n) is 4.51. The van der Waals surface area contributed by atoms with Crippen LogP contribution in [0.2, 0.25) is 10.0 Å². The molecule has 0 aliphatic carbocycles. The largest absolute Gasteiger partial charge is 0.417 e. The van der Waals surface area contributed by atoms with Crippen molar-refractivity contribution in [1.29, 1.82) is 0 Å². The van der Waals surface area contributed by atoms with E-state index in [1.54, 1.807) is 18.0 Å². The van der Waals surface area contributed by atoms with E-state index in [0.29, 0.717) is 16.9 Å². The molecule has 0 fully saturated rings. The summed E-state index contributed by atoms with van der Waals surface area (Å²) in [5.74, 6) is -0.0711. The van der Waals surface area contributed by atoms with Crippen LogP contribution in [-0.2, 0) is 6.18 Å². The highest BCUT2D eigenvalue weighted by Gasteiger charge is 2.31. The first kappa shape index (κ1) is 21.1. The zero-order chi connectivity index (χ0) is 21.3. The SMILES string of the molecule is CC(c1ccccc1Cl)N(C)c1cnn(-c2ccc(C(F)(F)F)cn2)c(=O)c1Cl. The van der Waals surface area contributed by atoms with Crippen LogP contribution in [0, 0.1) is 0 Å². The molecule has 0 amide bonds. The van der Waals surface area contributed by atoms with Crippen molar-refractivity contribution in [3.63, 3.8) is 0 Å². The maximum atomic E-state index is 12.7. The number of hydrogen-bond donors (Lipinski definition) is 0.